The van der Waals surface area contributed by atoms with Crippen LogP contribution < -0.4 is 9.64 Å². The predicted octanol–water partition coefficient (Wildman–Crippen LogP) is 3.98. The van der Waals surface area contributed by atoms with Crippen LogP contribution in [0, 0.1) is 0 Å². The molecule has 0 spiro atoms. The maximum Gasteiger partial charge on any atom is 0.277 e. The van der Waals surface area contributed by atoms with Crippen LogP contribution in [0.1, 0.15) is 11.5 Å². The van der Waals surface area contributed by atoms with Crippen molar-refractivity contribution in [2.45, 2.75) is 18.3 Å². The monoisotopic (exact) mass is 401 g/mol. The SMILES string of the molecule is O=C(CSc1nnc(COc2ccccc2Cl)o1)N1CCc2ccccc21. The lowest BCUT2D eigenvalue weighted by Crippen LogP contribution is -2.30. The lowest BCUT2D eigenvalue weighted by Gasteiger charge is -2.16. The molecule has 0 bridgehead atoms. The Bertz CT molecular complexity index is 963. The number of halogens is 1. The van der Waals surface area contributed by atoms with Crippen molar-refractivity contribution in [2.24, 2.45) is 0 Å². The zero-order valence-corrected chi connectivity index (χ0v) is 15.9. The summed E-state index contributed by atoms with van der Waals surface area (Å²) >= 11 is 7.26. The van der Waals surface area contributed by atoms with E-state index in [2.05, 4.69) is 16.3 Å². The number of hydrogen-bond donors (Lipinski definition) is 0. The number of carbonyl (C=O) groups is 1. The zero-order valence-electron chi connectivity index (χ0n) is 14.3. The number of amides is 1. The highest BCUT2D eigenvalue weighted by Gasteiger charge is 2.24. The van der Waals surface area contributed by atoms with Gasteiger partial charge in [-0.25, -0.2) is 0 Å². The molecule has 0 N–H and O–H groups in total. The second-order valence-corrected chi connectivity index (χ2v) is 7.23. The molecular formula is C19H16ClN3O3S. The quantitative estimate of drug-likeness (QED) is 0.582. The van der Waals surface area contributed by atoms with Crippen molar-refractivity contribution in [1.82, 2.24) is 10.2 Å². The van der Waals surface area contributed by atoms with Crippen molar-refractivity contribution < 1.29 is 13.9 Å². The number of para-hydroxylation sites is 2. The molecule has 0 aliphatic carbocycles. The molecule has 0 fully saturated rings. The average Bonchev–Trinajstić information content (AvgIpc) is 3.32. The van der Waals surface area contributed by atoms with Crippen molar-refractivity contribution in [3.8, 4) is 5.75 Å². The van der Waals surface area contributed by atoms with Crippen LogP contribution in [0.4, 0.5) is 5.69 Å². The first-order chi connectivity index (χ1) is 13.2. The van der Waals surface area contributed by atoms with Crippen LogP contribution in [-0.2, 0) is 17.8 Å². The molecule has 0 atom stereocenters. The van der Waals surface area contributed by atoms with Crippen molar-refractivity contribution in [3.63, 3.8) is 0 Å². The summed E-state index contributed by atoms with van der Waals surface area (Å²) in [5.41, 5.74) is 2.19. The summed E-state index contributed by atoms with van der Waals surface area (Å²) in [7, 11) is 0. The highest BCUT2D eigenvalue weighted by atomic mass is 35.5. The third-order valence-electron chi connectivity index (χ3n) is 4.14. The van der Waals surface area contributed by atoms with E-state index < -0.39 is 0 Å². The first-order valence-electron chi connectivity index (χ1n) is 8.41. The van der Waals surface area contributed by atoms with Crippen LogP contribution in [0.2, 0.25) is 5.02 Å². The second-order valence-electron chi connectivity index (χ2n) is 5.89. The van der Waals surface area contributed by atoms with E-state index in [0.717, 1.165) is 12.1 Å². The molecule has 138 valence electrons. The molecule has 4 rings (SSSR count). The Labute approximate surface area is 165 Å². The molecule has 0 radical (unpaired) electrons. The summed E-state index contributed by atoms with van der Waals surface area (Å²) < 4.78 is 11.1. The molecule has 0 unspecified atom stereocenters. The van der Waals surface area contributed by atoms with E-state index in [1.165, 1.54) is 17.3 Å². The fraction of sp³-hybridized carbons (Fsp3) is 0.211. The first-order valence-corrected chi connectivity index (χ1v) is 9.78. The molecule has 3 aromatic rings. The van der Waals surface area contributed by atoms with Gasteiger partial charge in [0.25, 0.3) is 11.1 Å². The summed E-state index contributed by atoms with van der Waals surface area (Å²) in [5.74, 6) is 1.14. The molecule has 0 saturated carbocycles. The summed E-state index contributed by atoms with van der Waals surface area (Å²) in [6, 6.07) is 15.1. The minimum Gasteiger partial charge on any atom is -0.482 e. The van der Waals surface area contributed by atoms with E-state index in [0.29, 0.717) is 28.4 Å². The van der Waals surface area contributed by atoms with Crippen LogP contribution in [0.5, 0.6) is 5.75 Å². The number of thioether (sulfide) groups is 1. The van der Waals surface area contributed by atoms with Crippen molar-refractivity contribution >= 4 is 35.0 Å². The van der Waals surface area contributed by atoms with Gasteiger partial charge in [0.1, 0.15) is 5.75 Å². The van der Waals surface area contributed by atoms with Gasteiger partial charge in [-0.05, 0) is 30.2 Å². The van der Waals surface area contributed by atoms with Gasteiger partial charge in [-0.1, -0.05) is 53.7 Å². The number of carbonyl (C=O) groups excluding carboxylic acids is 1. The van der Waals surface area contributed by atoms with Gasteiger partial charge in [0.2, 0.25) is 5.91 Å². The summed E-state index contributed by atoms with van der Waals surface area (Å²) in [6.45, 7) is 0.824. The van der Waals surface area contributed by atoms with Crippen molar-refractivity contribution in [2.75, 3.05) is 17.2 Å². The second kappa shape index (κ2) is 8.02. The summed E-state index contributed by atoms with van der Waals surface area (Å²) in [5, 5.41) is 8.76. The molecule has 6 nitrogen and oxygen atoms in total. The van der Waals surface area contributed by atoms with Gasteiger partial charge in [-0.2, -0.15) is 0 Å². The normalized spacial score (nSPS) is 12.9. The Morgan fingerprint density at radius 2 is 2.00 bits per heavy atom. The van der Waals surface area contributed by atoms with E-state index in [1.807, 2.05) is 30.3 Å². The van der Waals surface area contributed by atoms with Crippen molar-refractivity contribution in [1.29, 1.82) is 0 Å². The zero-order chi connectivity index (χ0) is 18.6. The molecular weight excluding hydrogens is 386 g/mol. The van der Waals surface area contributed by atoms with Gasteiger partial charge in [-0.3, -0.25) is 4.79 Å². The number of hydrogen-bond acceptors (Lipinski definition) is 6. The molecule has 1 aliphatic heterocycles. The number of aromatic nitrogens is 2. The van der Waals surface area contributed by atoms with E-state index in [9.17, 15) is 4.79 Å². The van der Waals surface area contributed by atoms with Gasteiger partial charge in [0.15, 0.2) is 6.61 Å². The van der Waals surface area contributed by atoms with Crippen LogP contribution in [-0.4, -0.2) is 28.4 Å². The largest absolute Gasteiger partial charge is 0.482 e. The average molecular weight is 402 g/mol. The Kier molecular flexibility index (Phi) is 5.31. The minimum atomic E-state index is 0.0250. The van der Waals surface area contributed by atoms with E-state index in [4.69, 9.17) is 20.8 Å². The van der Waals surface area contributed by atoms with Crippen LogP contribution in [0.3, 0.4) is 0 Å². The van der Waals surface area contributed by atoms with Gasteiger partial charge < -0.3 is 14.1 Å². The van der Waals surface area contributed by atoms with Gasteiger partial charge >= 0.3 is 0 Å². The lowest BCUT2D eigenvalue weighted by atomic mass is 10.2. The standard InChI is InChI=1S/C19H16ClN3O3S/c20-14-6-2-4-8-16(14)25-11-17-21-22-19(26-17)27-12-18(24)23-10-9-13-5-1-3-7-15(13)23/h1-8H,9-12H2. The number of nitrogens with zero attached hydrogens (tertiary/aromatic N) is 3. The first kappa shape index (κ1) is 17.9. The highest BCUT2D eigenvalue weighted by Crippen LogP contribution is 2.29. The topological polar surface area (TPSA) is 68.5 Å². The maximum atomic E-state index is 12.5. The molecule has 2 aromatic carbocycles. The summed E-state index contributed by atoms with van der Waals surface area (Å²) in [6.07, 6.45) is 0.886. The van der Waals surface area contributed by atoms with Gasteiger partial charge in [0.05, 0.1) is 10.8 Å². The highest BCUT2D eigenvalue weighted by molar-refractivity contribution is 7.99. The fourth-order valence-corrected chi connectivity index (χ4v) is 3.70. The molecule has 27 heavy (non-hydrogen) atoms. The van der Waals surface area contributed by atoms with Crippen LogP contribution in [0.15, 0.2) is 58.2 Å². The Morgan fingerprint density at radius 3 is 2.89 bits per heavy atom. The lowest BCUT2D eigenvalue weighted by molar-refractivity contribution is -0.116. The number of anilines is 1. The van der Waals surface area contributed by atoms with E-state index >= 15 is 0 Å². The number of benzene rings is 2. The fourth-order valence-electron chi connectivity index (χ4n) is 2.85. The van der Waals surface area contributed by atoms with E-state index in [-0.39, 0.29) is 18.3 Å². The van der Waals surface area contributed by atoms with Crippen molar-refractivity contribution in [3.05, 3.63) is 65.0 Å². The molecule has 1 amide bonds. The molecule has 1 aliphatic rings. The van der Waals surface area contributed by atoms with E-state index in [1.54, 1.807) is 17.0 Å². The minimum absolute atomic E-state index is 0.0250. The predicted molar refractivity (Wildman–Crippen MR) is 103 cm³/mol. The molecule has 2 heterocycles. The maximum absolute atomic E-state index is 12.5. The van der Waals surface area contributed by atoms with Gasteiger partial charge in [0, 0.05) is 12.2 Å². The Morgan fingerprint density at radius 1 is 1.19 bits per heavy atom. The van der Waals surface area contributed by atoms with Gasteiger partial charge in [-0.15, -0.1) is 10.2 Å². The number of fused-ring (bicyclic) bond motifs is 1. The smallest absolute Gasteiger partial charge is 0.277 e. The molecule has 8 heteroatoms. The summed E-state index contributed by atoms with van der Waals surface area (Å²) in [4.78, 5) is 14.3. The van der Waals surface area contributed by atoms with Crippen LogP contribution >= 0.6 is 23.4 Å². The molecule has 1 aromatic heterocycles. The number of rotatable bonds is 6. The third-order valence-corrected chi connectivity index (χ3v) is 5.26. The number of ether oxygens (including phenoxy) is 1. The molecule has 0 saturated heterocycles. The Hall–Kier alpha value is -2.51. The van der Waals surface area contributed by atoms with Crippen LogP contribution in [0.25, 0.3) is 0 Å². The third kappa shape index (κ3) is 4.09. The Balaban J connectivity index is 1.31.